The van der Waals surface area contributed by atoms with Crippen LogP contribution in [0.3, 0.4) is 0 Å². The molecule has 0 aliphatic rings. The summed E-state index contributed by atoms with van der Waals surface area (Å²) in [5.41, 5.74) is 3.37. The van der Waals surface area contributed by atoms with Gasteiger partial charge in [-0.05, 0) is 37.3 Å². The number of rotatable bonds is 3. The van der Waals surface area contributed by atoms with Crippen molar-refractivity contribution in [1.29, 1.82) is 0 Å². The van der Waals surface area contributed by atoms with E-state index in [4.69, 9.17) is 0 Å². The van der Waals surface area contributed by atoms with Crippen LogP contribution in [-0.2, 0) is 11.8 Å². The van der Waals surface area contributed by atoms with Crippen molar-refractivity contribution in [2.45, 2.75) is 13.8 Å². The summed E-state index contributed by atoms with van der Waals surface area (Å²) in [6.45, 7) is 3.33. The number of anilines is 2. The number of hydrogen-bond acceptors (Lipinski definition) is 4. The number of pyridine rings is 1. The molecule has 3 aromatic rings. The predicted octanol–water partition coefficient (Wildman–Crippen LogP) is 2.49. The Morgan fingerprint density at radius 2 is 1.79 bits per heavy atom. The topological polar surface area (TPSA) is 88.9 Å². The first-order chi connectivity index (χ1) is 11.4. The van der Waals surface area contributed by atoms with E-state index in [0.717, 1.165) is 16.7 Å². The van der Waals surface area contributed by atoms with Crippen molar-refractivity contribution in [2.24, 2.45) is 7.05 Å². The standard InChI is InChI=1S/C17H17N5O2/c1-10-15-8-14(9-18-16(15)22(3)21-10)20-17(24)12-4-6-13(7-5-12)19-11(2)23/h4-9H,1-3H3,(H,19,23)(H,20,24). The summed E-state index contributed by atoms with van der Waals surface area (Å²) < 4.78 is 1.71. The molecule has 122 valence electrons. The molecule has 0 aliphatic heterocycles. The van der Waals surface area contributed by atoms with Gasteiger partial charge in [-0.1, -0.05) is 0 Å². The van der Waals surface area contributed by atoms with Gasteiger partial charge in [0.15, 0.2) is 5.65 Å². The third-order valence-electron chi connectivity index (χ3n) is 3.59. The molecule has 2 heterocycles. The van der Waals surface area contributed by atoms with Crippen LogP contribution in [-0.4, -0.2) is 26.6 Å². The fourth-order valence-corrected chi connectivity index (χ4v) is 2.49. The van der Waals surface area contributed by atoms with Crippen molar-refractivity contribution in [3.63, 3.8) is 0 Å². The largest absolute Gasteiger partial charge is 0.326 e. The molecule has 2 aromatic heterocycles. The number of nitrogens with one attached hydrogen (secondary N) is 2. The Kier molecular flexibility index (Phi) is 3.99. The van der Waals surface area contributed by atoms with Crippen LogP contribution < -0.4 is 10.6 Å². The second kappa shape index (κ2) is 6.11. The fraction of sp³-hybridized carbons (Fsp3) is 0.176. The Labute approximate surface area is 138 Å². The molecule has 2 amide bonds. The van der Waals surface area contributed by atoms with Gasteiger partial charge in [-0.3, -0.25) is 14.3 Å². The van der Waals surface area contributed by atoms with Crippen molar-refractivity contribution in [3.05, 3.63) is 47.8 Å². The van der Waals surface area contributed by atoms with E-state index in [-0.39, 0.29) is 11.8 Å². The highest BCUT2D eigenvalue weighted by molar-refractivity contribution is 6.05. The SMILES string of the molecule is CC(=O)Nc1ccc(C(=O)Nc2cnc3c(c2)c(C)nn3C)cc1. The number of amides is 2. The zero-order valence-electron chi connectivity index (χ0n) is 13.6. The van der Waals surface area contributed by atoms with Crippen LogP contribution in [0.2, 0.25) is 0 Å². The van der Waals surface area contributed by atoms with E-state index in [9.17, 15) is 9.59 Å². The summed E-state index contributed by atoms with van der Waals surface area (Å²) in [6.07, 6.45) is 1.60. The lowest BCUT2D eigenvalue weighted by Gasteiger charge is -2.07. The summed E-state index contributed by atoms with van der Waals surface area (Å²) in [7, 11) is 1.83. The molecule has 7 nitrogen and oxygen atoms in total. The summed E-state index contributed by atoms with van der Waals surface area (Å²) in [6, 6.07) is 8.53. The minimum Gasteiger partial charge on any atom is -0.326 e. The smallest absolute Gasteiger partial charge is 0.255 e. The highest BCUT2D eigenvalue weighted by Gasteiger charge is 2.10. The molecule has 7 heteroatoms. The number of nitrogens with zero attached hydrogens (tertiary/aromatic N) is 3. The molecule has 0 radical (unpaired) electrons. The number of aromatic nitrogens is 3. The lowest BCUT2D eigenvalue weighted by molar-refractivity contribution is -0.114. The van der Waals surface area contributed by atoms with Crippen LogP contribution >= 0.6 is 0 Å². The zero-order valence-corrected chi connectivity index (χ0v) is 13.6. The van der Waals surface area contributed by atoms with Crippen molar-refractivity contribution >= 4 is 34.2 Å². The van der Waals surface area contributed by atoms with Gasteiger partial charge in [0.2, 0.25) is 5.91 Å². The lowest BCUT2D eigenvalue weighted by Crippen LogP contribution is -2.12. The first-order valence-electron chi connectivity index (χ1n) is 7.42. The van der Waals surface area contributed by atoms with Gasteiger partial charge >= 0.3 is 0 Å². The normalized spacial score (nSPS) is 10.6. The third-order valence-corrected chi connectivity index (χ3v) is 3.59. The van der Waals surface area contributed by atoms with E-state index in [0.29, 0.717) is 16.9 Å². The summed E-state index contributed by atoms with van der Waals surface area (Å²) in [4.78, 5) is 27.7. The van der Waals surface area contributed by atoms with Crippen LogP contribution in [0.15, 0.2) is 36.5 Å². The Morgan fingerprint density at radius 3 is 2.46 bits per heavy atom. The van der Waals surface area contributed by atoms with Gasteiger partial charge in [0, 0.05) is 30.6 Å². The Balaban J connectivity index is 1.79. The number of fused-ring (bicyclic) bond motifs is 1. The molecule has 24 heavy (non-hydrogen) atoms. The Hall–Kier alpha value is -3.22. The van der Waals surface area contributed by atoms with Gasteiger partial charge in [0.1, 0.15) is 0 Å². The van der Waals surface area contributed by atoms with E-state index in [1.54, 1.807) is 35.1 Å². The van der Waals surface area contributed by atoms with Crippen molar-refractivity contribution in [2.75, 3.05) is 10.6 Å². The second-order valence-corrected chi connectivity index (χ2v) is 5.52. The molecule has 0 bridgehead atoms. The molecule has 2 N–H and O–H groups in total. The van der Waals surface area contributed by atoms with Crippen molar-refractivity contribution < 1.29 is 9.59 Å². The lowest BCUT2D eigenvalue weighted by atomic mass is 10.2. The summed E-state index contributed by atoms with van der Waals surface area (Å²) in [5.74, 6) is -0.398. The van der Waals surface area contributed by atoms with E-state index >= 15 is 0 Å². The van der Waals surface area contributed by atoms with Gasteiger partial charge in [0.05, 0.1) is 17.6 Å². The van der Waals surface area contributed by atoms with Gasteiger partial charge in [-0.2, -0.15) is 5.10 Å². The molecule has 3 rings (SSSR count). The first-order valence-corrected chi connectivity index (χ1v) is 7.42. The van der Waals surface area contributed by atoms with E-state index in [1.165, 1.54) is 6.92 Å². The van der Waals surface area contributed by atoms with Crippen LogP contribution in [0.5, 0.6) is 0 Å². The summed E-state index contributed by atoms with van der Waals surface area (Å²) in [5, 5.41) is 10.7. The molecule has 0 aliphatic carbocycles. The number of aryl methyl sites for hydroxylation is 2. The fourth-order valence-electron chi connectivity index (χ4n) is 2.49. The molecule has 0 fully saturated rings. The number of carbonyl (C=O) groups excluding carboxylic acids is 2. The minimum absolute atomic E-state index is 0.154. The maximum atomic E-state index is 12.3. The molecule has 0 atom stereocenters. The highest BCUT2D eigenvalue weighted by Crippen LogP contribution is 2.20. The van der Waals surface area contributed by atoms with Gasteiger partial charge < -0.3 is 10.6 Å². The monoisotopic (exact) mass is 323 g/mol. The maximum absolute atomic E-state index is 12.3. The quantitative estimate of drug-likeness (QED) is 0.775. The third kappa shape index (κ3) is 3.10. The predicted molar refractivity (Wildman–Crippen MR) is 91.9 cm³/mol. The van der Waals surface area contributed by atoms with Gasteiger partial charge in [-0.25, -0.2) is 4.98 Å². The summed E-state index contributed by atoms with van der Waals surface area (Å²) >= 11 is 0. The molecular formula is C17H17N5O2. The van der Waals surface area contributed by atoms with Crippen LogP contribution in [0, 0.1) is 6.92 Å². The average molecular weight is 323 g/mol. The van der Waals surface area contributed by atoms with Gasteiger partial charge in [-0.15, -0.1) is 0 Å². The minimum atomic E-state index is -0.243. The van der Waals surface area contributed by atoms with Crippen molar-refractivity contribution in [3.8, 4) is 0 Å². The Morgan fingerprint density at radius 1 is 1.08 bits per heavy atom. The molecule has 1 aromatic carbocycles. The van der Waals surface area contributed by atoms with Crippen molar-refractivity contribution in [1.82, 2.24) is 14.8 Å². The average Bonchev–Trinajstić information content (AvgIpc) is 2.82. The van der Waals surface area contributed by atoms with E-state index in [1.807, 2.05) is 20.0 Å². The molecule has 0 saturated carbocycles. The molecule has 0 unspecified atom stereocenters. The van der Waals surface area contributed by atoms with Crippen LogP contribution in [0.4, 0.5) is 11.4 Å². The first kappa shape index (κ1) is 15.7. The highest BCUT2D eigenvalue weighted by atomic mass is 16.2. The number of carbonyl (C=O) groups is 2. The van der Waals surface area contributed by atoms with E-state index in [2.05, 4.69) is 20.7 Å². The maximum Gasteiger partial charge on any atom is 0.255 e. The number of benzene rings is 1. The van der Waals surface area contributed by atoms with Crippen LogP contribution in [0.25, 0.3) is 11.0 Å². The Bertz CT molecular complexity index is 928. The van der Waals surface area contributed by atoms with E-state index < -0.39 is 0 Å². The molecular weight excluding hydrogens is 306 g/mol. The zero-order chi connectivity index (χ0) is 17.3. The second-order valence-electron chi connectivity index (χ2n) is 5.52. The van der Waals surface area contributed by atoms with Gasteiger partial charge in [0.25, 0.3) is 5.91 Å². The number of hydrogen-bond donors (Lipinski definition) is 2. The molecule has 0 spiro atoms. The van der Waals surface area contributed by atoms with Crippen LogP contribution in [0.1, 0.15) is 23.0 Å². The molecule has 0 saturated heterocycles.